The van der Waals surface area contributed by atoms with Crippen molar-refractivity contribution in [3.63, 3.8) is 0 Å². The third-order valence-corrected chi connectivity index (χ3v) is 7.44. The summed E-state index contributed by atoms with van der Waals surface area (Å²) in [6.07, 6.45) is 2.41. The number of hydrogen-bond acceptors (Lipinski definition) is 4. The molecule has 0 aromatic heterocycles. The zero-order valence-electron chi connectivity index (χ0n) is 15.4. The highest BCUT2D eigenvalue weighted by atomic mass is 32.2. The summed E-state index contributed by atoms with van der Waals surface area (Å²) in [4.78, 5) is 2.45. The van der Waals surface area contributed by atoms with Crippen LogP contribution in [0.1, 0.15) is 24.0 Å². The number of nitrogens with one attached hydrogen (secondary N) is 1. The van der Waals surface area contributed by atoms with Gasteiger partial charge in [0.25, 0.3) is 0 Å². The number of benzene rings is 1. The van der Waals surface area contributed by atoms with Gasteiger partial charge in [0.2, 0.25) is 10.0 Å². The molecule has 3 rings (SSSR count). The number of rotatable bonds is 4. The van der Waals surface area contributed by atoms with Crippen LogP contribution < -0.4 is 5.32 Å². The van der Waals surface area contributed by atoms with Gasteiger partial charge in [0.15, 0.2) is 5.11 Å². The van der Waals surface area contributed by atoms with E-state index in [1.165, 1.54) is 0 Å². The van der Waals surface area contributed by atoms with Crippen molar-refractivity contribution in [1.29, 1.82) is 0 Å². The van der Waals surface area contributed by atoms with Crippen molar-refractivity contribution in [1.82, 2.24) is 14.5 Å². The molecule has 1 atom stereocenters. The standard InChI is InChI=1S/C18H27N3O3S2/c1-14-5-6-15(2)17(12-14)26(22,23)21-9-7-20(8-10-21)18(25)19-13-16-4-3-11-24-16/h5-6,12,16H,3-4,7-11,13H2,1-2H3,(H,19,25). The molecule has 0 radical (unpaired) electrons. The Morgan fingerprint density at radius 3 is 2.65 bits per heavy atom. The van der Waals surface area contributed by atoms with E-state index in [4.69, 9.17) is 17.0 Å². The average molecular weight is 398 g/mol. The topological polar surface area (TPSA) is 61.9 Å². The SMILES string of the molecule is Cc1ccc(C)c(S(=O)(=O)N2CCN(C(=S)NCC3CCCO3)CC2)c1. The van der Waals surface area contributed by atoms with Crippen LogP contribution in [0.15, 0.2) is 23.1 Å². The summed E-state index contributed by atoms with van der Waals surface area (Å²) in [5.41, 5.74) is 1.74. The lowest BCUT2D eigenvalue weighted by molar-refractivity contribution is 0.113. The Kier molecular flexibility index (Phi) is 6.17. The lowest BCUT2D eigenvalue weighted by Crippen LogP contribution is -2.53. The molecule has 1 aromatic rings. The predicted molar refractivity (Wildman–Crippen MR) is 106 cm³/mol. The number of nitrogens with zero attached hydrogens (tertiary/aromatic N) is 2. The van der Waals surface area contributed by atoms with Gasteiger partial charge in [-0.2, -0.15) is 4.31 Å². The quantitative estimate of drug-likeness (QED) is 0.780. The summed E-state index contributed by atoms with van der Waals surface area (Å²) < 4.78 is 33.1. The summed E-state index contributed by atoms with van der Waals surface area (Å²) in [7, 11) is -3.47. The first kappa shape index (κ1) is 19.5. The Morgan fingerprint density at radius 1 is 1.27 bits per heavy atom. The number of ether oxygens (including phenoxy) is 1. The first-order chi connectivity index (χ1) is 12.4. The molecule has 6 nitrogen and oxygen atoms in total. The Bertz CT molecular complexity index is 753. The van der Waals surface area contributed by atoms with E-state index in [0.717, 1.165) is 37.1 Å². The smallest absolute Gasteiger partial charge is 0.243 e. The Hall–Kier alpha value is -1.22. The highest BCUT2D eigenvalue weighted by Crippen LogP contribution is 2.22. The van der Waals surface area contributed by atoms with Gasteiger partial charge in [-0.15, -0.1) is 0 Å². The van der Waals surface area contributed by atoms with Crippen LogP contribution in [-0.2, 0) is 14.8 Å². The van der Waals surface area contributed by atoms with Crippen molar-refractivity contribution >= 4 is 27.4 Å². The van der Waals surface area contributed by atoms with Crippen molar-refractivity contribution in [2.45, 2.75) is 37.7 Å². The van der Waals surface area contributed by atoms with Crippen LogP contribution in [0.4, 0.5) is 0 Å². The van der Waals surface area contributed by atoms with Crippen LogP contribution in [0, 0.1) is 13.8 Å². The molecule has 1 aromatic carbocycles. The maximum absolute atomic E-state index is 13.0. The molecular weight excluding hydrogens is 370 g/mol. The zero-order chi connectivity index (χ0) is 18.7. The van der Waals surface area contributed by atoms with E-state index in [1.807, 2.05) is 30.9 Å². The highest BCUT2D eigenvalue weighted by Gasteiger charge is 2.30. The van der Waals surface area contributed by atoms with Crippen LogP contribution in [0.2, 0.25) is 0 Å². The van der Waals surface area contributed by atoms with E-state index >= 15 is 0 Å². The minimum absolute atomic E-state index is 0.235. The van der Waals surface area contributed by atoms with Crippen molar-refractivity contribution in [3.05, 3.63) is 29.3 Å². The van der Waals surface area contributed by atoms with Gasteiger partial charge in [0, 0.05) is 39.3 Å². The predicted octanol–water partition coefficient (Wildman–Crippen LogP) is 1.66. The van der Waals surface area contributed by atoms with E-state index in [0.29, 0.717) is 36.2 Å². The van der Waals surface area contributed by atoms with Crippen LogP contribution in [0.25, 0.3) is 0 Å². The van der Waals surface area contributed by atoms with Crippen LogP contribution >= 0.6 is 12.2 Å². The summed E-state index contributed by atoms with van der Waals surface area (Å²) in [6.45, 7) is 7.38. The largest absolute Gasteiger partial charge is 0.376 e. The van der Waals surface area contributed by atoms with Gasteiger partial charge < -0.3 is 15.0 Å². The monoisotopic (exact) mass is 397 g/mol. The van der Waals surface area contributed by atoms with Crippen molar-refractivity contribution < 1.29 is 13.2 Å². The fraction of sp³-hybridized carbons (Fsp3) is 0.611. The lowest BCUT2D eigenvalue weighted by atomic mass is 10.2. The lowest BCUT2D eigenvalue weighted by Gasteiger charge is -2.36. The molecule has 2 saturated heterocycles. The van der Waals surface area contributed by atoms with Crippen LogP contribution in [-0.4, -0.2) is 68.2 Å². The zero-order valence-corrected chi connectivity index (χ0v) is 17.0. The van der Waals surface area contributed by atoms with E-state index < -0.39 is 10.0 Å². The summed E-state index contributed by atoms with van der Waals surface area (Å²) in [5, 5.41) is 3.95. The summed E-state index contributed by atoms with van der Waals surface area (Å²) >= 11 is 5.46. The van der Waals surface area contributed by atoms with Crippen molar-refractivity contribution in [2.75, 3.05) is 39.3 Å². The third-order valence-electron chi connectivity index (χ3n) is 4.99. The number of thiocarbonyl (C=S) groups is 1. The van der Waals surface area contributed by atoms with E-state index in [1.54, 1.807) is 10.4 Å². The molecule has 1 unspecified atom stereocenters. The molecule has 0 amide bonds. The van der Waals surface area contributed by atoms with Crippen molar-refractivity contribution in [3.8, 4) is 0 Å². The minimum Gasteiger partial charge on any atom is -0.376 e. The Balaban J connectivity index is 1.57. The van der Waals surface area contributed by atoms with E-state index in [2.05, 4.69) is 5.32 Å². The maximum atomic E-state index is 13.0. The molecule has 1 N–H and O–H groups in total. The van der Waals surface area contributed by atoms with Gasteiger partial charge in [-0.25, -0.2) is 8.42 Å². The molecule has 26 heavy (non-hydrogen) atoms. The average Bonchev–Trinajstić information content (AvgIpc) is 3.15. The number of sulfonamides is 1. The van der Waals surface area contributed by atoms with E-state index in [9.17, 15) is 8.42 Å². The molecule has 0 aliphatic carbocycles. The van der Waals surface area contributed by atoms with Crippen LogP contribution in [0.3, 0.4) is 0 Å². The highest BCUT2D eigenvalue weighted by molar-refractivity contribution is 7.89. The van der Waals surface area contributed by atoms with Gasteiger partial charge in [-0.05, 0) is 56.1 Å². The normalized spacial score (nSPS) is 21.8. The van der Waals surface area contributed by atoms with Gasteiger partial charge >= 0.3 is 0 Å². The molecule has 0 bridgehead atoms. The fourth-order valence-electron chi connectivity index (χ4n) is 3.37. The van der Waals surface area contributed by atoms with Crippen LogP contribution in [0.5, 0.6) is 0 Å². The Labute approximate surface area is 161 Å². The second-order valence-corrected chi connectivity index (χ2v) is 9.27. The minimum atomic E-state index is -3.47. The fourth-order valence-corrected chi connectivity index (χ4v) is 5.37. The second kappa shape index (κ2) is 8.21. The molecule has 2 heterocycles. The molecule has 0 spiro atoms. The van der Waals surface area contributed by atoms with Gasteiger partial charge in [-0.1, -0.05) is 12.1 Å². The second-order valence-electron chi connectivity index (χ2n) is 6.98. The molecule has 8 heteroatoms. The maximum Gasteiger partial charge on any atom is 0.243 e. The number of hydrogen-bond donors (Lipinski definition) is 1. The number of aryl methyl sites for hydroxylation is 2. The first-order valence-electron chi connectivity index (χ1n) is 9.10. The summed E-state index contributed by atoms with van der Waals surface area (Å²) in [6, 6.07) is 5.55. The molecule has 0 saturated carbocycles. The Morgan fingerprint density at radius 2 is 2.00 bits per heavy atom. The van der Waals surface area contributed by atoms with Gasteiger partial charge in [-0.3, -0.25) is 0 Å². The summed E-state index contributed by atoms with van der Waals surface area (Å²) in [5.74, 6) is 0. The molecule has 144 valence electrons. The van der Waals surface area contributed by atoms with Crippen molar-refractivity contribution in [2.24, 2.45) is 0 Å². The third kappa shape index (κ3) is 4.36. The molecule has 2 aliphatic rings. The number of piperazine rings is 1. The van der Waals surface area contributed by atoms with Gasteiger partial charge in [0.05, 0.1) is 11.0 Å². The van der Waals surface area contributed by atoms with Gasteiger partial charge in [0.1, 0.15) is 0 Å². The van der Waals surface area contributed by atoms with E-state index in [-0.39, 0.29) is 6.10 Å². The molecule has 2 fully saturated rings. The molecular formula is C18H27N3O3S2. The molecule has 2 aliphatic heterocycles. The first-order valence-corrected chi connectivity index (χ1v) is 10.9.